The third kappa shape index (κ3) is 3.58. The van der Waals surface area contributed by atoms with E-state index in [1.165, 1.54) is 0 Å². The van der Waals surface area contributed by atoms with Gasteiger partial charge in [-0.15, -0.1) is 0 Å². The van der Waals surface area contributed by atoms with Crippen molar-refractivity contribution in [2.75, 3.05) is 0 Å². The van der Waals surface area contributed by atoms with E-state index in [2.05, 4.69) is 21.6 Å². The number of oxime groups is 1. The van der Waals surface area contributed by atoms with Crippen LogP contribution in [0.3, 0.4) is 0 Å². The highest BCUT2D eigenvalue weighted by Crippen LogP contribution is 2.13. The van der Waals surface area contributed by atoms with E-state index < -0.39 is 0 Å². The number of nitrogens with one attached hydrogen (secondary N) is 1. The molecule has 0 fully saturated rings. The monoisotopic (exact) mass is 273 g/mol. The van der Waals surface area contributed by atoms with E-state index >= 15 is 0 Å². The topological polar surface area (TPSA) is 88.5 Å². The first kappa shape index (κ1) is 14.1. The molecule has 0 bridgehead atoms. The van der Waals surface area contributed by atoms with Gasteiger partial charge in [-0.1, -0.05) is 23.4 Å². The maximum absolute atomic E-state index is 8.56. The third-order valence-corrected chi connectivity index (χ3v) is 3.03. The molecule has 1 heterocycles. The Balaban J connectivity index is 2.03. The molecule has 0 aliphatic rings. The first-order chi connectivity index (χ1) is 9.70. The molecule has 6 heteroatoms. The van der Waals surface area contributed by atoms with Crippen LogP contribution in [0.2, 0.25) is 0 Å². The third-order valence-electron chi connectivity index (χ3n) is 3.03. The average Bonchev–Trinajstić information content (AvgIpc) is 2.99. The molecule has 20 heavy (non-hydrogen) atoms. The molecule has 106 valence electrons. The van der Waals surface area contributed by atoms with Gasteiger partial charge in [-0.2, -0.15) is 5.10 Å². The fourth-order valence-electron chi connectivity index (χ4n) is 2.01. The van der Waals surface area contributed by atoms with Gasteiger partial charge in [0, 0.05) is 31.4 Å². The van der Waals surface area contributed by atoms with Crippen LogP contribution in [-0.2, 0) is 6.54 Å². The van der Waals surface area contributed by atoms with Crippen LogP contribution in [0.5, 0.6) is 0 Å². The summed E-state index contributed by atoms with van der Waals surface area (Å²) in [6.45, 7) is 2.68. The lowest BCUT2D eigenvalue weighted by atomic mass is 10.1. The van der Waals surface area contributed by atoms with Gasteiger partial charge in [0.2, 0.25) is 0 Å². The molecule has 1 atom stereocenters. The van der Waals surface area contributed by atoms with Gasteiger partial charge in [-0.05, 0) is 24.6 Å². The van der Waals surface area contributed by atoms with Gasteiger partial charge in [0.05, 0.1) is 5.69 Å². The summed E-state index contributed by atoms with van der Waals surface area (Å²) in [4.78, 5) is 0. The first-order valence-corrected chi connectivity index (χ1v) is 6.48. The molecular weight excluding hydrogens is 254 g/mol. The van der Waals surface area contributed by atoms with Gasteiger partial charge in [-0.25, -0.2) is 4.68 Å². The first-order valence-electron chi connectivity index (χ1n) is 6.48. The Bertz CT molecular complexity index is 565. The van der Waals surface area contributed by atoms with Crippen molar-refractivity contribution in [3.8, 4) is 5.69 Å². The van der Waals surface area contributed by atoms with Gasteiger partial charge in [0.15, 0.2) is 0 Å². The standard InChI is InChI=1S/C14H19N5O/c1-11(9-14(15)18-20)16-10-12-5-2-3-6-13(12)19-8-4-7-17-19/h2-8,11,16,20H,9-10H2,1H3,(H2,15,18). The Labute approximate surface area is 117 Å². The zero-order valence-electron chi connectivity index (χ0n) is 11.4. The van der Waals surface area contributed by atoms with Crippen LogP contribution in [0.15, 0.2) is 47.9 Å². The Morgan fingerprint density at radius 1 is 1.45 bits per heavy atom. The molecule has 2 aromatic rings. The van der Waals surface area contributed by atoms with Crippen LogP contribution < -0.4 is 11.1 Å². The van der Waals surface area contributed by atoms with Crippen molar-refractivity contribution in [1.82, 2.24) is 15.1 Å². The highest BCUT2D eigenvalue weighted by molar-refractivity contribution is 5.80. The van der Waals surface area contributed by atoms with E-state index in [0.717, 1.165) is 11.3 Å². The molecule has 2 rings (SSSR count). The van der Waals surface area contributed by atoms with Gasteiger partial charge in [0.25, 0.3) is 0 Å². The van der Waals surface area contributed by atoms with E-state index in [-0.39, 0.29) is 11.9 Å². The number of hydrogen-bond acceptors (Lipinski definition) is 4. The van der Waals surface area contributed by atoms with Crippen molar-refractivity contribution in [2.24, 2.45) is 10.9 Å². The summed E-state index contributed by atoms with van der Waals surface area (Å²) < 4.78 is 1.84. The van der Waals surface area contributed by atoms with Crippen molar-refractivity contribution in [3.63, 3.8) is 0 Å². The molecule has 0 amide bonds. The number of rotatable bonds is 6. The lowest BCUT2D eigenvalue weighted by Crippen LogP contribution is -2.31. The fourth-order valence-corrected chi connectivity index (χ4v) is 2.01. The van der Waals surface area contributed by atoms with Crippen molar-refractivity contribution in [3.05, 3.63) is 48.3 Å². The largest absolute Gasteiger partial charge is 0.409 e. The van der Waals surface area contributed by atoms with Crippen molar-refractivity contribution in [2.45, 2.75) is 25.9 Å². The maximum atomic E-state index is 8.56. The van der Waals surface area contributed by atoms with Gasteiger partial charge in [-0.3, -0.25) is 0 Å². The maximum Gasteiger partial charge on any atom is 0.140 e. The second kappa shape index (κ2) is 6.72. The van der Waals surface area contributed by atoms with E-state index in [1.807, 2.05) is 42.1 Å². The predicted molar refractivity (Wildman–Crippen MR) is 77.9 cm³/mol. The molecule has 0 spiro atoms. The number of hydrogen-bond donors (Lipinski definition) is 3. The number of benzene rings is 1. The normalized spacial score (nSPS) is 13.3. The fraction of sp³-hybridized carbons (Fsp3) is 0.286. The minimum Gasteiger partial charge on any atom is -0.409 e. The van der Waals surface area contributed by atoms with Crippen molar-refractivity contribution < 1.29 is 5.21 Å². The average molecular weight is 273 g/mol. The molecule has 6 nitrogen and oxygen atoms in total. The van der Waals surface area contributed by atoms with Crippen LogP contribution >= 0.6 is 0 Å². The van der Waals surface area contributed by atoms with Crippen LogP contribution in [0, 0.1) is 0 Å². The zero-order valence-corrected chi connectivity index (χ0v) is 11.4. The molecule has 1 aromatic carbocycles. The second-order valence-electron chi connectivity index (χ2n) is 4.66. The molecule has 1 unspecified atom stereocenters. The predicted octanol–water partition coefficient (Wildman–Crippen LogP) is 1.49. The number of nitrogens with two attached hydrogens (primary N) is 1. The van der Waals surface area contributed by atoms with Gasteiger partial charge in [0.1, 0.15) is 5.84 Å². The van der Waals surface area contributed by atoms with Crippen molar-refractivity contribution >= 4 is 5.84 Å². The number of aromatic nitrogens is 2. The molecule has 0 saturated heterocycles. The minimum atomic E-state index is 0.122. The minimum absolute atomic E-state index is 0.122. The number of amidine groups is 1. The Morgan fingerprint density at radius 2 is 2.25 bits per heavy atom. The Morgan fingerprint density at radius 3 is 2.95 bits per heavy atom. The van der Waals surface area contributed by atoms with Crippen LogP contribution in [0.25, 0.3) is 5.69 Å². The van der Waals surface area contributed by atoms with E-state index in [9.17, 15) is 0 Å². The number of para-hydroxylation sites is 1. The Hall–Kier alpha value is -2.34. The highest BCUT2D eigenvalue weighted by atomic mass is 16.4. The Kier molecular flexibility index (Phi) is 4.73. The van der Waals surface area contributed by atoms with Crippen LogP contribution in [0.1, 0.15) is 18.9 Å². The summed E-state index contributed by atoms with van der Waals surface area (Å²) in [6.07, 6.45) is 4.17. The smallest absolute Gasteiger partial charge is 0.140 e. The summed E-state index contributed by atoms with van der Waals surface area (Å²) in [5, 5.41) is 19.1. The molecule has 1 aromatic heterocycles. The zero-order chi connectivity index (χ0) is 14.4. The molecule has 0 aliphatic heterocycles. The summed E-state index contributed by atoms with van der Waals surface area (Å²) in [5.41, 5.74) is 7.68. The second-order valence-corrected chi connectivity index (χ2v) is 4.66. The lowest BCUT2D eigenvalue weighted by Gasteiger charge is -2.15. The van der Waals surface area contributed by atoms with Crippen LogP contribution in [-0.4, -0.2) is 26.9 Å². The SMILES string of the molecule is CC(CC(N)=NO)NCc1ccccc1-n1cccn1. The van der Waals surface area contributed by atoms with Gasteiger partial charge < -0.3 is 16.3 Å². The summed E-state index contributed by atoms with van der Waals surface area (Å²) in [6, 6.07) is 10.1. The lowest BCUT2D eigenvalue weighted by molar-refractivity contribution is 0.316. The molecule has 0 saturated carbocycles. The molecule has 0 aliphatic carbocycles. The quantitative estimate of drug-likeness (QED) is 0.322. The van der Waals surface area contributed by atoms with Crippen LogP contribution in [0.4, 0.5) is 0 Å². The highest BCUT2D eigenvalue weighted by Gasteiger charge is 2.08. The van der Waals surface area contributed by atoms with E-state index in [0.29, 0.717) is 13.0 Å². The number of nitrogens with zero attached hydrogens (tertiary/aromatic N) is 3. The summed E-state index contributed by atoms with van der Waals surface area (Å²) >= 11 is 0. The molecular formula is C14H19N5O. The van der Waals surface area contributed by atoms with E-state index in [4.69, 9.17) is 10.9 Å². The molecule has 0 radical (unpaired) electrons. The summed E-state index contributed by atoms with van der Waals surface area (Å²) in [5.74, 6) is 0.227. The van der Waals surface area contributed by atoms with E-state index in [1.54, 1.807) is 6.20 Å². The molecule has 4 N–H and O–H groups in total. The van der Waals surface area contributed by atoms with Crippen molar-refractivity contribution in [1.29, 1.82) is 0 Å². The van der Waals surface area contributed by atoms with Gasteiger partial charge >= 0.3 is 0 Å². The summed E-state index contributed by atoms with van der Waals surface area (Å²) in [7, 11) is 0.